The molecule has 2 N–H and O–H groups in total. The Morgan fingerprint density at radius 2 is 2.00 bits per heavy atom. The molecule has 0 amide bonds. The molecule has 0 radical (unpaired) electrons. The predicted molar refractivity (Wildman–Crippen MR) is 123 cm³/mol. The van der Waals surface area contributed by atoms with Gasteiger partial charge in [-0.05, 0) is 67.6 Å². The van der Waals surface area contributed by atoms with Gasteiger partial charge in [0.05, 0.1) is 5.92 Å². The highest BCUT2D eigenvalue weighted by molar-refractivity contribution is 6.30. The van der Waals surface area contributed by atoms with Crippen LogP contribution in [0.3, 0.4) is 0 Å². The SMILES string of the molecule is Cc1cc(COc2ccc(Cl)cc2C)c(C)c(C2C(C#N)=C(N)OC3=C2C(=O)CCC3)c1. The average molecular weight is 449 g/mol. The maximum atomic E-state index is 12.9. The van der Waals surface area contributed by atoms with Crippen molar-refractivity contribution < 1.29 is 14.3 Å². The summed E-state index contributed by atoms with van der Waals surface area (Å²) >= 11 is 6.06. The summed E-state index contributed by atoms with van der Waals surface area (Å²) in [5, 5.41) is 10.5. The van der Waals surface area contributed by atoms with Crippen LogP contribution in [-0.2, 0) is 16.1 Å². The second kappa shape index (κ2) is 8.72. The third-order valence-corrected chi connectivity index (χ3v) is 6.37. The number of ketones is 1. The Balaban J connectivity index is 1.77. The maximum absolute atomic E-state index is 12.9. The van der Waals surface area contributed by atoms with Crippen LogP contribution in [0, 0.1) is 32.1 Å². The number of Topliss-reactive ketones (excluding diaryl/α,β-unsaturated/α-hetero) is 1. The van der Waals surface area contributed by atoms with Crippen LogP contribution in [0.1, 0.15) is 53.0 Å². The predicted octanol–water partition coefficient (Wildman–Crippen LogP) is 5.66. The Morgan fingerprint density at radius 3 is 2.72 bits per heavy atom. The minimum Gasteiger partial charge on any atom is -0.489 e. The van der Waals surface area contributed by atoms with Gasteiger partial charge in [0.15, 0.2) is 5.78 Å². The van der Waals surface area contributed by atoms with Crippen molar-refractivity contribution in [3.05, 3.63) is 86.0 Å². The summed E-state index contributed by atoms with van der Waals surface area (Å²) in [5.74, 6) is 0.941. The van der Waals surface area contributed by atoms with E-state index in [1.54, 1.807) is 6.07 Å². The number of nitrogens with two attached hydrogens (primary N) is 1. The number of hydrogen-bond acceptors (Lipinski definition) is 5. The molecule has 1 unspecified atom stereocenters. The molecule has 0 saturated carbocycles. The number of benzene rings is 2. The fraction of sp³-hybridized carbons (Fsp3) is 0.308. The minimum atomic E-state index is -0.521. The van der Waals surface area contributed by atoms with Crippen LogP contribution < -0.4 is 10.5 Å². The largest absolute Gasteiger partial charge is 0.489 e. The lowest BCUT2D eigenvalue weighted by Gasteiger charge is -2.32. The highest BCUT2D eigenvalue weighted by Gasteiger charge is 2.38. The number of allylic oxidation sites excluding steroid dienone is 3. The topological polar surface area (TPSA) is 85.3 Å². The van der Waals surface area contributed by atoms with Crippen molar-refractivity contribution in [3.8, 4) is 11.8 Å². The van der Waals surface area contributed by atoms with Crippen molar-refractivity contribution in [2.75, 3.05) is 0 Å². The minimum absolute atomic E-state index is 0.0204. The number of ether oxygens (including phenoxy) is 2. The Labute approximate surface area is 193 Å². The molecule has 2 aromatic rings. The highest BCUT2D eigenvalue weighted by atomic mass is 35.5. The number of carbonyl (C=O) groups excluding carboxylic acids is 1. The quantitative estimate of drug-likeness (QED) is 0.652. The Morgan fingerprint density at radius 1 is 1.22 bits per heavy atom. The molecule has 2 aromatic carbocycles. The summed E-state index contributed by atoms with van der Waals surface area (Å²) in [6.45, 7) is 6.30. The van der Waals surface area contributed by atoms with E-state index in [-0.39, 0.29) is 17.2 Å². The first-order valence-corrected chi connectivity index (χ1v) is 11.0. The van der Waals surface area contributed by atoms with Gasteiger partial charge in [0.25, 0.3) is 0 Å². The molecule has 1 atom stereocenters. The molecule has 4 rings (SSSR count). The standard InChI is InChI=1S/C26H25ClN2O3/c1-14-9-17(13-31-22-8-7-18(27)11-15(22)2)16(3)19(10-14)24-20(12-28)26(29)32-23-6-4-5-21(30)25(23)24/h7-11,24H,4-6,13,29H2,1-3H3. The molecule has 1 aliphatic heterocycles. The van der Waals surface area contributed by atoms with E-state index in [1.165, 1.54) is 0 Å². The third kappa shape index (κ3) is 3.99. The fourth-order valence-electron chi connectivity index (χ4n) is 4.51. The van der Waals surface area contributed by atoms with Crippen LogP contribution in [0.25, 0.3) is 0 Å². The lowest BCUT2D eigenvalue weighted by Crippen LogP contribution is -2.28. The second-order valence-corrected chi connectivity index (χ2v) is 8.81. The normalized spacial score (nSPS) is 18.2. The van der Waals surface area contributed by atoms with E-state index in [0.29, 0.717) is 35.8 Å². The van der Waals surface area contributed by atoms with Crippen LogP contribution in [0.2, 0.25) is 5.02 Å². The lowest BCUT2D eigenvalue weighted by atomic mass is 9.75. The second-order valence-electron chi connectivity index (χ2n) is 8.38. The summed E-state index contributed by atoms with van der Waals surface area (Å²) in [4.78, 5) is 12.9. The molecule has 6 heteroatoms. The molecule has 0 aromatic heterocycles. The van der Waals surface area contributed by atoms with Gasteiger partial charge < -0.3 is 15.2 Å². The molecule has 1 heterocycles. The molecule has 32 heavy (non-hydrogen) atoms. The van der Waals surface area contributed by atoms with Crippen molar-refractivity contribution >= 4 is 17.4 Å². The van der Waals surface area contributed by atoms with Crippen molar-refractivity contribution in [1.82, 2.24) is 0 Å². The molecular formula is C26H25ClN2O3. The van der Waals surface area contributed by atoms with Gasteiger partial charge >= 0.3 is 0 Å². The maximum Gasteiger partial charge on any atom is 0.205 e. The van der Waals surface area contributed by atoms with Gasteiger partial charge in [0, 0.05) is 23.4 Å². The molecule has 0 spiro atoms. The number of hydrogen-bond donors (Lipinski definition) is 1. The van der Waals surface area contributed by atoms with Crippen molar-refractivity contribution in [2.45, 2.75) is 52.6 Å². The van der Waals surface area contributed by atoms with Crippen molar-refractivity contribution in [2.24, 2.45) is 5.73 Å². The molecule has 0 fully saturated rings. The fourth-order valence-corrected chi connectivity index (χ4v) is 4.74. The molecule has 164 valence electrons. The van der Waals surface area contributed by atoms with Crippen LogP contribution in [0.15, 0.2) is 53.1 Å². The van der Waals surface area contributed by atoms with Crippen LogP contribution in [0.4, 0.5) is 0 Å². The number of nitrogens with zero attached hydrogens (tertiary/aromatic N) is 1. The monoisotopic (exact) mass is 448 g/mol. The van der Waals surface area contributed by atoms with Crippen molar-refractivity contribution in [1.29, 1.82) is 5.26 Å². The van der Waals surface area contributed by atoms with Crippen LogP contribution in [-0.4, -0.2) is 5.78 Å². The summed E-state index contributed by atoms with van der Waals surface area (Å²) < 4.78 is 11.8. The van der Waals surface area contributed by atoms with E-state index in [4.69, 9.17) is 26.8 Å². The van der Waals surface area contributed by atoms with E-state index < -0.39 is 5.92 Å². The first-order valence-electron chi connectivity index (χ1n) is 10.6. The first-order chi connectivity index (χ1) is 15.3. The number of rotatable bonds is 4. The molecule has 0 bridgehead atoms. The summed E-state index contributed by atoms with van der Waals surface area (Å²) in [5.41, 5.74) is 11.8. The van der Waals surface area contributed by atoms with Gasteiger partial charge in [-0.2, -0.15) is 5.26 Å². The van der Waals surface area contributed by atoms with Gasteiger partial charge in [0.1, 0.15) is 29.8 Å². The van der Waals surface area contributed by atoms with E-state index in [1.807, 2.05) is 39.0 Å². The van der Waals surface area contributed by atoms with Gasteiger partial charge in [-0.25, -0.2) is 0 Å². The van der Waals surface area contributed by atoms with E-state index in [0.717, 1.165) is 40.0 Å². The third-order valence-electron chi connectivity index (χ3n) is 6.14. The van der Waals surface area contributed by atoms with Crippen LogP contribution >= 0.6 is 11.6 Å². The Bertz CT molecular complexity index is 1220. The average Bonchev–Trinajstić information content (AvgIpc) is 2.74. The van der Waals surface area contributed by atoms with Gasteiger partial charge in [-0.3, -0.25) is 4.79 Å². The molecule has 2 aliphatic rings. The van der Waals surface area contributed by atoms with E-state index >= 15 is 0 Å². The molecule has 5 nitrogen and oxygen atoms in total. The first kappa shape index (κ1) is 22.0. The molecule has 1 aliphatic carbocycles. The molecular weight excluding hydrogens is 424 g/mol. The van der Waals surface area contributed by atoms with Crippen molar-refractivity contribution in [3.63, 3.8) is 0 Å². The zero-order chi connectivity index (χ0) is 23.0. The summed E-state index contributed by atoms with van der Waals surface area (Å²) in [6, 6.07) is 11.8. The number of carbonyl (C=O) groups is 1. The molecule has 0 saturated heterocycles. The zero-order valence-electron chi connectivity index (χ0n) is 18.4. The smallest absolute Gasteiger partial charge is 0.205 e. The van der Waals surface area contributed by atoms with E-state index in [2.05, 4.69) is 12.1 Å². The zero-order valence-corrected chi connectivity index (χ0v) is 19.2. The van der Waals surface area contributed by atoms with Gasteiger partial charge in [0.2, 0.25) is 5.88 Å². The van der Waals surface area contributed by atoms with Crippen LogP contribution in [0.5, 0.6) is 5.75 Å². The van der Waals surface area contributed by atoms with E-state index in [9.17, 15) is 10.1 Å². The van der Waals surface area contributed by atoms with Gasteiger partial charge in [-0.15, -0.1) is 0 Å². The van der Waals surface area contributed by atoms with Gasteiger partial charge in [-0.1, -0.05) is 29.3 Å². The Kier molecular flexibility index (Phi) is 5.99. The number of halogens is 1. The number of nitriles is 1. The lowest BCUT2D eigenvalue weighted by molar-refractivity contribution is -0.116. The summed E-state index contributed by atoms with van der Waals surface area (Å²) in [7, 11) is 0. The number of aryl methyl sites for hydroxylation is 2. The highest BCUT2D eigenvalue weighted by Crippen LogP contribution is 2.45. The summed E-state index contributed by atoms with van der Waals surface area (Å²) in [6.07, 6.45) is 1.83. The Hall–Kier alpha value is -3.23.